The molecule has 12 heteroatoms. The summed E-state index contributed by atoms with van der Waals surface area (Å²) in [4.78, 5) is 72.8. The van der Waals surface area contributed by atoms with Crippen LogP contribution in [-0.2, 0) is 4.79 Å². The van der Waals surface area contributed by atoms with Gasteiger partial charge in [0.25, 0.3) is 16.9 Å². The fourth-order valence-corrected chi connectivity index (χ4v) is 9.24. The van der Waals surface area contributed by atoms with Gasteiger partial charge in [0, 0.05) is 53.3 Å². The average molecular weight is 757 g/mol. The standard InChI is InChI=1S/C44H28N4O7S/c49-34-24-33-31-19-7-8-20-32(31)42(50)38(33)36(27-15-9-17-29(22-27)47(52)53)39(34)40-37(28-16-10-18-30(23-28)48(54)55)41(26-13-5-2-6-14-26)46-43(51)35(56-44(46)45-40)21-25-11-3-1-4-12-25/h1-23,36,39,41H,24H2/b35-21-. The zero-order valence-corrected chi connectivity index (χ0v) is 30.1. The van der Waals surface area contributed by atoms with Crippen LogP contribution in [0.15, 0.2) is 155 Å². The van der Waals surface area contributed by atoms with Gasteiger partial charge >= 0.3 is 0 Å². The smallest absolute Gasteiger partial charge is 0.271 e. The number of fused-ring (bicyclic) bond motifs is 3. The predicted molar refractivity (Wildman–Crippen MR) is 211 cm³/mol. The SMILES string of the molecule is O=C1C2=C(CC(=O)C(C3=C(c4cccc([N+](=O)[O-])c4)C(c4ccccc4)n4c(s/c(=C\c5ccccc5)c4=O)=N3)C2c2cccc([N+](=O)[O-])c2)c2ccccc21. The number of nitro benzene ring substituents is 2. The summed E-state index contributed by atoms with van der Waals surface area (Å²) in [6.07, 6.45) is 1.65. The first-order chi connectivity index (χ1) is 27.2. The van der Waals surface area contributed by atoms with Crippen LogP contribution in [-0.4, -0.2) is 26.0 Å². The minimum absolute atomic E-state index is 0.115. The number of thiazole rings is 1. The highest BCUT2D eigenvalue weighted by atomic mass is 32.1. The number of ketones is 2. The lowest BCUT2D eigenvalue weighted by molar-refractivity contribution is -0.385. The Kier molecular flexibility index (Phi) is 8.39. The molecule has 5 aromatic carbocycles. The summed E-state index contributed by atoms with van der Waals surface area (Å²) in [5.74, 6) is -2.78. The number of nitrogens with zero attached hydrogens (tertiary/aromatic N) is 4. The summed E-state index contributed by atoms with van der Waals surface area (Å²) >= 11 is 1.15. The molecule has 56 heavy (non-hydrogen) atoms. The lowest BCUT2D eigenvalue weighted by Gasteiger charge is -2.36. The maximum absolute atomic E-state index is 15.0. The molecule has 0 fully saturated rings. The van der Waals surface area contributed by atoms with Crippen LogP contribution in [0.2, 0.25) is 0 Å². The first kappa shape index (κ1) is 34.6. The number of hydrogen-bond acceptors (Lipinski definition) is 9. The molecule has 11 nitrogen and oxygen atoms in total. The molecule has 2 aliphatic carbocycles. The molecular formula is C44H28N4O7S. The number of nitro groups is 2. The number of allylic oxidation sites excluding steroid dienone is 4. The van der Waals surface area contributed by atoms with Crippen LogP contribution in [0.25, 0.3) is 17.2 Å². The van der Waals surface area contributed by atoms with E-state index in [1.54, 1.807) is 53.1 Å². The molecule has 6 aromatic rings. The summed E-state index contributed by atoms with van der Waals surface area (Å²) in [6, 6.07) is 36.6. The highest BCUT2D eigenvalue weighted by molar-refractivity contribution is 7.07. The minimum Gasteiger partial charge on any atom is -0.299 e. The van der Waals surface area contributed by atoms with Crippen molar-refractivity contribution >= 4 is 51.5 Å². The highest BCUT2D eigenvalue weighted by Crippen LogP contribution is 2.54. The van der Waals surface area contributed by atoms with E-state index < -0.39 is 27.7 Å². The maximum Gasteiger partial charge on any atom is 0.271 e. The van der Waals surface area contributed by atoms with Crippen LogP contribution in [0.5, 0.6) is 0 Å². The molecule has 0 spiro atoms. The third-order valence-electron chi connectivity index (χ3n) is 10.6. The maximum atomic E-state index is 15.0. The molecule has 3 unspecified atom stereocenters. The highest BCUT2D eigenvalue weighted by Gasteiger charge is 2.49. The molecular weight excluding hydrogens is 729 g/mol. The molecule has 3 aliphatic rings. The molecule has 0 N–H and O–H groups in total. The molecule has 1 aromatic heterocycles. The van der Waals surface area contributed by atoms with Crippen LogP contribution in [0.1, 0.15) is 56.6 Å². The second kappa shape index (κ2) is 13.6. The van der Waals surface area contributed by atoms with Crippen LogP contribution < -0.4 is 14.9 Å². The zero-order valence-electron chi connectivity index (χ0n) is 29.3. The number of carbonyl (C=O) groups is 2. The van der Waals surface area contributed by atoms with Gasteiger partial charge in [-0.2, -0.15) is 0 Å². The van der Waals surface area contributed by atoms with Crippen molar-refractivity contribution in [3.63, 3.8) is 0 Å². The Morgan fingerprint density at radius 2 is 1.30 bits per heavy atom. The minimum atomic E-state index is -1.18. The molecule has 1 aliphatic heterocycles. The Bertz CT molecular complexity index is 2930. The Labute approximate surface area is 321 Å². The summed E-state index contributed by atoms with van der Waals surface area (Å²) in [6.45, 7) is 0. The third kappa shape index (κ3) is 5.66. The Morgan fingerprint density at radius 1 is 0.679 bits per heavy atom. The van der Waals surface area contributed by atoms with Crippen LogP contribution in [0.3, 0.4) is 0 Å². The number of carbonyl (C=O) groups excluding carboxylic acids is 2. The van der Waals surface area contributed by atoms with Gasteiger partial charge < -0.3 is 0 Å². The molecule has 0 bridgehead atoms. The van der Waals surface area contributed by atoms with Crippen molar-refractivity contribution in [1.82, 2.24) is 4.57 Å². The van der Waals surface area contributed by atoms with Crippen molar-refractivity contribution in [2.24, 2.45) is 10.9 Å². The molecule has 2 heterocycles. The van der Waals surface area contributed by atoms with Gasteiger partial charge in [-0.1, -0.05) is 121 Å². The second-order valence-corrected chi connectivity index (χ2v) is 14.7. The molecule has 272 valence electrons. The molecule has 0 saturated carbocycles. The molecule has 0 amide bonds. The third-order valence-corrected chi connectivity index (χ3v) is 11.6. The Balaban J connectivity index is 1.40. The Hall–Kier alpha value is -7.18. The summed E-state index contributed by atoms with van der Waals surface area (Å²) < 4.78 is 1.94. The molecule has 9 rings (SSSR count). The number of hydrogen-bond donors (Lipinski definition) is 0. The van der Waals surface area contributed by atoms with Gasteiger partial charge in [0.2, 0.25) is 0 Å². The number of rotatable bonds is 7. The van der Waals surface area contributed by atoms with Crippen molar-refractivity contribution < 1.29 is 19.4 Å². The normalized spacial score (nSPS) is 19.0. The van der Waals surface area contributed by atoms with Crippen molar-refractivity contribution in [1.29, 1.82) is 0 Å². The number of benzene rings is 5. The van der Waals surface area contributed by atoms with E-state index >= 15 is 4.79 Å². The van der Waals surface area contributed by atoms with Crippen molar-refractivity contribution in [2.75, 3.05) is 0 Å². The summed E-state index contributed by atoms with van der Waals surface area (Å²) in [5, 5.41) is 24.3. The van der Waals surface area contributed by atoms with Crippen molar-refractivity contribution in [3.05, 3.63) is 218 Å². The monoisotopic (exact) mass is 756 g/mol. The van der Waals surface area contributed by atoms with Crippen LogP contribution >= 0.6 is 11.3 Å². The van der Waals surface area contributed by atoms with E-state index in [1.165, 1.54) is 30.3 Å². The van der Waals surface area contributed by atoms with Gasteiger partial charge in [0.1, 0.15) is 5.78 Å². The number of aromatic nitrogens is 1. The molecule has 3 atom stereocenters. The van der Waals surface area contributed by atoms with E-state index in [9.17, 15) is 29.8 Å². The van der Waals surface area contributed by atoms with Gasteiger partial charge in [0.15, 0.2) is 10.6 Å². The fourth-order valence-electron chi connectivity index (χ4n) is 8.24. The van der Waals surface area contributed by atoms with Gasteiger partial charge in [-0.05, 0) is 39.5 Å². The topological polar surface area (TPSA) is 155 Å². The van der Waals surface area contributed by atoms with E-state index in [1.807, 2.05) is 60.7 Å². The van der Waals surface area contributed by atoms with Crippen LogP contribution in [0.4, 0.5) is 11.4 Å². The average Bonchev–Trinajstić information content (AvgIpc) is 3.68. The van der Waals surface area contributed by atoms with Gasteiger partial charge in [-0.25, -0.2) is 4.99 Å². The van der Waals surface area contributed by atoms with Gasteiger partial charge in [-0.3, -0.25) is 39.2 Å². The lowest BCUT2D eigenvalue weighted by Crippen LogP contribution is -2.40. The Morgan fingerprint density at radius 3 is 2.02 bits per heavy atom. The van der Waals surface area contributed by atoms with Crippen LogP contribution in [0, 0.1) is 26.1 Å². The summed E-state index contributed by atoms with van der Waals surface area (Å²) in [7, 11) is 0. The van der Waals surface area contributed by atoms with E-state index in [2.05, 4.69) is 0 Å². The first-order valence-corrected chi connectivity index (χ1v) is 18.6. The van der Waals surface area contributed by atoms with Crippen molar-refractivity contribution in [2.45, 2.75) is 18.4 Å². The first-order valence-electron chi connectivity index (χ1n) is 17.7. The number of non-ortho nitro benzene ring substituents is 2. The quantitative estimate of drug-likeness (QED) is 0.123. The van der Waals surface area contributed by atoms with Gasteiger partial charge in [0.05, 0.1) is 32.0 Å². The zero-order chi connectivity index (χ0) is 38.7. The second-order valence-electron chi connectivity index (χ2n) is 13.7. The van der Waals surface area contributed by atoms with E-state index in [-0.39, 0.29) is 40.6 Å². The van der Waals surface area contributed by atoms with E-state index in [0.717, 1.165) is 16.9 Å². The number of Topliss-reactive ketones (excluding diaryl/α,β-unsaturated/α-hetero) is 2. The molecule has 0 radical (unpaired) electrons. The van der Waals surface area contributed by atoms with E-state index in [0.29, 0.717) is 53.9 Å². The summed E-state index contributed by atoms with van der Waals surface area (Å²) in [5.41, 5.74) is 3.99. The largest absolute Gasteiger partial charge is 0.299 e. The van der Waals surface area contributed by atoms with Crippen molar-refractivity contribution in [3.8, 4) is 0 Å². The lowest BCUT2D eigenvalue weighted by atomic mass is 9.68. The fraction of sp³-hybridized carbons (Fsp3) is 0.0909. The van der Waals surface area contributed by atoms with Gasteiger partial charge in [-0.15, -0.1) is 0 Å². The molecule has 0 saturated heterocycles. The predicted octanol–water partition coefficient (Wildman–Crippen LogP) is 7.21. The van der Waals surface area contributed by atoms with E-state index in [4.69, 9.17) is 4.99 Å².